The molecule has 0 aliphatic carbocycles. The molecule has 1 unspecified atom stereocenters. The number of H-pyrrole nitrogens is 1. The number of amides is 1. The Morgan fingerprint density at radius 2 is 2.04 bits per heavy atom. The molecule has 0 saturated carbocycles. The first-order chi connectivity index (χ1) is 11.0. The van der Waals surface area contributed by atoms with Crippen molar-refractivity contribution < 1.29 is 4.79 Å². The molecule has 0 spiro atoms. The molecule has 3 N–H and O–H groups in total. The number of rotatable bonds is 4. The van der Waals surface area contributed by atoms with Gasteiger partial charge in [0.2, 0.25) is 5.91 Å². The lowest BCUT2D eigenvalue weighted by molar-refractivity contribution is -0.123. The maximum atomic E-state index is 11.3. The number of nitrogens with zero attached hydrogens (tertiary/aromatic N) is 2. The summed E-state index contributed by atoms with van der Waals surface area (Å²) in [5, 5.41) is 1.03. The molecule has 7 heteroatoms. The van der Waals surface area contributed by atoms with Crippen LogP contribution in [0, 0.1) is 5.92 Å². The monoisotopic (exact) mass is 354 g/mol. The van der Waals surface area contributed by atoms with Crippen molar-refractivity contribution >= 4 is 40.1 Å². The first-order valence-corrected chi connectivity index (χ1v) is 8.63. The number of halogens is 2. The van der Waals surface area contributed by atoms with Gasteiger partial charge in [-0.2, -0.15) is 0 Å². The van der Waals surface area contributed by atoms with Crippen LogP contribution in [-0.4, -0.2) is 33.9 Å². The van der Waals surface area contributed by atoms with E-state index in [9.17, 15) is 4.79 Å². The number of primary amides is 1. The Kier molecular flexibility index (Phi) is 4.80. The predicted molar refractivity (Wildman–Crippen MR) is 92.6 cm³/mol. The molecule has 1 aliphatic rings. The number of piperidine rings is 1. The summed E-state index contributed by atoms with van der Waals surface area (Å²) >= 11 is 12.1. The third-order valence-electron chi connectivity index (χ3n) is 4.62. The van der Waals surface area contributed by atoms with E-state index in [0.717, 1.165) is 49.2 Å². The molecule has 1 atom stereocenters. The summed E-state index contributed by atoms with van der Waals surface area (Å²) < 4.78 is 0. The lowest BCUT2D eigenvalue weighted by Gasteiger charge is -2.35. The Morgan fingerprint density at radius 3 is 2.65 bits per heavy atom. The second-order valence-corrected chi connectivity index (χ2v) is 6.86. The summed E-state index contributed by atoms with van der Waals surface area (Å²) in [7, 11) is 0. The van der Waals surface area contributed by atoms with E-state index in [-0.39, 0.29) is 17.9 Å². The number of imidazole rings is 1. The number of hydrogen-bond donors (Lipinski definition) is 2. The molecule has 3 rings (SSSR count). The molecule has 5 nitrogen and oxygen atoms in total. The molecular formula is C16H20Cl2N4O. The SMILES string of the molecule is CCC(c1nc2cc(Cl)c(Cl)cc2[nH]1)N1CCC(C(N)=O)CC1. The van der Waals surface area contributed by atoms with Gasteiger partial charge >= 0.3 is 0 Å². The normalized spacial score (nSPS) is 18.4. The average molecular weight is 355 g/mol. The van der Waals surface area contributed by atoms with Gasteiger partial charge in [-0.05, 0) is 44.5 Å². The average Bonchev–Trinajstić information content (AvgIpc) is 2.91. The van der Waals surface area contributed by atoms with Gasteiger partial charge in [0.15, 0.2) is 0 Å². The summed E-state index contributed by atoms with van der Waals surface area (Å²) in [4.78, 5) is 21.7. The van der Waals surface area contributed by atoms with E-state index in [0.29, 0.717) is 10.0 Å². The van der Waals surface area contributed by atoms with Gasteiger partial charge in [0.05, 0.1) is 27.1 Å². The van der Waals surface area contributed by atoms with Crippen LogP contribution in [0.5, 0.6) is 0 Å². The summed E-state index contributed by atoms with van der Waals surface area (Å²) in [6, 6.07) is 3.78. The lowest BCUT2D eigenvalue weighted by atomic mass is 9.94. The number of benzene rings is 1. The molecule has 2 aromatic rings. The minimum absolute atomic E-state index is 0.00274. The number of carbonyl (C=O) groups excluding carboxylic acids is 1. The summed E-state index contributed by atoms with van der Waals surface area (Å²) in [6.07, 6.45) is 2.55. The zero-order chi connectivity index (χ0) is 16.6. The minimum Gasteiger partial charge on any atom is -0.369 e. The number of fused-ring (bicyclic) bond motifs is 1. The van der Waals surface area contributed by atoms with Gasteiger partial charge in [0.25, 0.3) is 0 Å². The zero-order valence-corrected chi connectivity index (χ0v) is 14.5. The number of nitrogens with one attached hydrogen (secondary N) is 1. The van der Waals surface area contributed by atoms with Crippen LogP contribution >= 0.6 is 23.2 Å². The quantitative estimate of drug-likeness (QED) is 0.881. The molecule has 0 bridgehead atoms. The minimum atomic E-state index is -0.189. The molecule has 23 heavy (non-hydrogen) atoms. The Morgan fingerprint density at radius 1 is 1.39 bits per heavy atom. The largest absolute Gasteiger partial charge is 0.369 e. The molecule has 1 fully saturated rings. The van der Waals surface area contributed by atoms with E-state index in [1.165, 1.54) is 0 Å². The summed E-state index contributed by atoms with van der Waals surface area (Å²) in [5.41, 5.74) is 7.12. The Labute approximate surface area is 145 Å². The molecule has 0 radical (unpaired) electrons. The van der Waals surface area contributed by atoms with Gasteiger partial charge < -0.3 is 10.7 Å². The van der Waals surface area contributed by atoms with Crippen molar-refractivity contribution in [3.8, 4) is 0 Å². The number of carbonyl (C=O) groups is 1. The van der Waals surface area contributed by atoms with Crippen LogP contribution in [0.3, 0.4) is 0 Å². The fraction of sp³-hybridized carbons (Fsp3) is 0.500. The molecule has 1 aliphatic heterocycles. The van der Waals surface area contributed by atoms with Crippen LogP contribution in [0.15, 0.2) is 12.1 Å². The van der Waals surface area contributed by atoms with E-state index in [2.05, 4.69) is 21.8 Å². The number of nitrogens with two attached hydrogens (primary N) is 1. The number of likely N-dealkylation sites (tertiary alicyclic amines) is 1. The van der Waals surface area contributed by atoms with Crippen molar-refractivity contribution in [1.82, 2.24) is 14.9 Å². The van der Waals surface area contributed by atoms with Crippen LogP contribution in [0.25, 0.3) is 11.0 Å². The second-order valence-electron chi connectivity index (χ2n) is 6.04. The fourth-order valence-corrected chi connectivity index (χ4v) is 3.62. The number of hydrogen-bond acceptors (Lipinski definition) is 3. The van der Waals surface area contributed by atoms with E-state index in [4.69, 9.17) is 28.9 Å². The highest BCUT2D eigenvalue weighted by Gasteiger charge is 2.29. The second kappa shape index (κ2) is 6.67. The lowest BCUT2D eigenvalue weighted by Crippen LogP contribution is -2.40. The van der Waals surface area contributed by atoms with Gasteiger partial charge in [-0.3, -0.25) is 9.69 Å². The third kappa shape index (κ3) is 3.32. The van der Waals surface area contributed by atoms with E-state index in [1.54, 1.807) is 6.07 Å². The van der Waals surface area contributed by atoms with Crippen LogP contribution < -0.4 is 5.73 Å². The summed E-state index contributed by atoms with van der Waals surface area (Å²) in [6.45, 7) is 3.84. The fourth-order valence-electron chi connectivity index (χ4n) is 3.30. The molecular weight excluding hydrogens is 335 g/mol. The number of aromatic amines is 1. The molecule has 1 aromatic heterocycles. The van der Waals surface area contributed by atoms with Gasteiger partial charge in [-0.25, -0.2) is 4.98 Å². The van der Waals surface area contributed by atoms with E-state index in [1.807, 2.05) is 6.07 Å². The first kappa shape index (κ1) is 16.6. The van der Waals surface area contributed by atoms with Gasteiger partial charge in [-0.1, -0.05) is 30.1 Å². The highest BCUT2D eigenvalue weighted by Crippen LogP contribution is 2.31. The zero-order valence-electron chi connectivity index (χ0n) is 13.0. The first-order valence-electron chi connectivity index (χ1n) is 7.87. The van der Waals surface area contributed by atoms with Gasteiger partial charge in [-0.15, -0.1) is 0 Å². The third-order valence-corrected chi connectivity index (χ3v) is 5.34. The highest BCUT2D eigenvalue weighted by molar-refractivity contribution is 6.42. The van der Waals surface area contributed by atoms with Gasteiger partial charge in [0.1, 0.15) is 5.82 Å². The maximum Gasteiger partial charge on any atom is 0.220 e. The Hall–Kier alpha value is -1.30. The van der Waals surface area contributed by atoms with Crippen LogP contribution in [-0.2, 0) is 4.79 Å². The molecule has 2 heterocycles. The Bertz CT molecular complexity index is 683. The van der Waals surface area contributed by atoms with Crippen LogP contribution in [0.1, 0.15) is 38.1 Å². The van der Waals surface area contributed by atoms with Crippen molar-refractivity contribution in [2.45, 2.75) is 32.2 Å². The molecule has 1 amide bonds. The standard InChI is InChI=1S/C16H20Cl2N4O/c1-2-14(22-5-3-9(4-6-22)15(19)23)16-20-12-7-10(17)11(18)8-13(12)21-16/h7-9,14H,2-6H2,1H3,(H2,19,23)(H,20,21). The van der Waals surface area contributed by atoms with Crippen molar-refractivity contribution in [1.29, 1.82) is 0 Å². The maximum absolute atomic E-state index is 11.3. The molecule has 1 aromatic carbocycles. The smallest absolute Gasteiger partial charge is 0.220 e. The van der Waals surface area contributed by atoms with Crippen molar-refractivity contribution in [2.24, 2.45) is 11.7 Å². The van der Waals surface area contributed by atoms with Crippen molar-refractivity contribution in [3.05, 3.63) is 28.0 Å². The number of aromatic nitrogens is 2. The predicted octanol–water partition coefficient (Wildman–Crippen LogP) is 3.52. The highest BCUT2D eigenvalue weighted by atomic mass is 35.5. The van der Waals surface area contributed by atoms with Gasteiger partial charge in [0, 0.05) is 5.92 Å². The van der Waals surface area contributed by atoms with E-state index < -0.39 is 0 Å². The van der Waals surface area contributed by atoms with Crippen LogP contribution in [0.4, 0.5) is 0 Å². The van der Waals surface area contributed by atoms with Crippen molar-refractivity contribution in [3.63, 3.8) is 0 Å². The molecule has 124 valence electrons. The summed E-state index contributed by atoms with van der Waals surface area (Å²) in [5.74, 6) is 0.723. The van der Waals surface area contributed by atoms with E-state index >= 15 is 0 Å². The topological polar surface area (TPSA) is 75.0 Å². The Balaban J connectivity index is 1.82. The van der Waals surface area contributed by atoms with Crippen LogP contribution in [0.2, 0.25) is 10.0 Å². The van der Waals surface area contributed by atoms with Crippen molar-refractivity contribution in [2.75, 3.05) is 13.1 Å². The molecule has 1 saturated heterocycles.